The monoisotopic (exact) mass is 244 g/mol. The summed E-state index contributed by atoms with van der Waals surface area (Å²) in [5.74, 6) is 1.65. The van der Waals surface area contributed by atoms with Crippen molar-refractivity contribution in [1.29, 1.82) is 0 Å². The van der Waals surface area contributed by atoms with Gasteiger partial charge in [-0.15, -0.1) is 0 Å². The average molecular weight is 244 g/mol. The zero-order valence-corrected chi connectivity index (χ0v) is 11.4. The summed E-state index contributed by atoms with van der Waals surface area (Å²) in [5, 5.41) is 4.12. The lowest BCUT2D eigenvalue weighted by atomic mass is 10.2. The normalized spacial score (nSPS) is 12.4. The first kappa shape index (κ1) is 12.6. The number of fused-ring (bicyclic) bond motifs is 1. The van der Waals surface area contributed by atoms with Gasteiger partial charge in [0.1, 0.15) is 5.82 Å². The van der Waals surface area contributed by atoms with Crippen molar-refractivity contribution in [3.05, 3.63) is 24.3 Å². The molecule has 0 saturated carbocycles. The van der Waals surface area contributed by atoms with Crippen molar-refractivity contribution in [1.82, 2.24) is 9.97 Å². The number of hydrogen-bond acceptors (Lipinski definition) is 4. The van der Waals surface area contributed by atoms with E-state index in [0.29, 0.717) is 12.0 Å². The molecule has 0 aliphatic rings. The summed E-state index contributed by atoms with van der Waals surface area (Å²) in [6, 6.07) is 8.57. The van der Waals surface area contributed by atoms with Gasteiger partial charge in [0, 0.05) is 25.5 Å². The molecule has 2 aromatic rings. The van der Waals surface area contributed by atoms with E-state index in [9.17, 15) is 0 Å². The summed E-state index contributed by atoms with van der Waals surface area (Å²) in [6.07, 6.45) is 1.09. The van der Waals surface area contributed by atoms with E-state index in [0.717, 1.165) is 23.1 Å². The van der Waals surface area contributed by atoms with Crippen LogP contribution < -0.4 is 10.2 Å². The van der Waals surface area contributed by atoms with Crippen molar-refractivity contribution in [3.8, 4) is 0 Å². The van der Waals surface area contributed by atoms with Crippen LogP contribution in [0.15, 0.2) is 24.3 Å². The molecule has 0 fully saturated rings. The number of nitrogens with zero attached hydrogens (tertiary/aromatic N) is 3. The van der Waals surface area contributed by atoms with Crippen molar-refractivity contribution in [2.45, 2.75) is 26.3 Å². The van der Waals surface area contributed by atoms with Crippen LogP contribution in [0.5, 0.6) is 0 Å². The van der Waals surface area contributed by atoms with E-state index in [4.69, 9.17) is 0 Å². The van der Waals surface area contributed by atoms with Gasteiger partial charge in [-0.05, 0) is 25.5 Å². The van der Waals surface area contributed by atoms with Crippen molar-refractivity contribution in [2.24, 2.45) is 0 Å². The molecular formula is C14H20N4. The molecule has 1 aromatic carbocycles. The Bertz CT molecular complexity index is 538. The summed E-state index contributed by atoms with van der Waals surface area (Å²) in [7, 11) is 3.93. The van der Waals surface area contributed by atoms with Crippen molar-refractivity contribution in [2.75, 3.05) is 24.3 Å². The molecule has 1 N–H and O–H groups in total. The number of hydrogen-bond donors (Lipinski definition) is 1. The Hall–Kier alpha value is -1.84. The van der Waals surface area contributed by atoms with Crippen LogP contribution in [0.2, 0.25) is 0 Å². The Morgan fingerprint density at radius 1 is 1.28 bits per heavy atom. The molecule has 1 aromatic heterocycles. The third-order valence-electron chi connectivity index (χ3n) is 3.39. The molecule has 1 heterocycles. The van der Waals surface area contributed by atoms with Gasteiger partial charge < -0.3 is 10.2 Å². The average Bonchev–Trinajstić information content (AvgIpc) is 2.44. The molecule has 18 heavy (non-hydrogen) atoms. The summed E-state index contributed by atoms with van der Waals surface area (Å²) in [6.45, 7) is 4.39. The second-order valence-electron chi connectivity index (χ2n) is 4.51. The lowest BCUT2D eigenvalue weighted by Gasteiger charge is -2.26. The number of rotatable bonds is 4. The highest BCUT2D eigenvalue weighted by Crippen LogP contribution is 2.26. The Balaban J connectivity index is 2.60. The minimum atomic E-state index is 0.452. The number of nitrogens with one attached hydrogen (secondary N) is 1. The lowest BCUT2D eigenvalue weighted by molar-refractivity contribution is 0.659. The van der Waals surface area contributed by atoms with Gasteiger partial charge in [-0.3, -0.25) is 0 Å². The van der Waals surface area contributed by atoms with Gasteiger partial charge in [-0.1, -0.05) is 19.1 Å². The first-order valence-electron chi connectivity index (χ1n) is 6.34. The molecule has 0 spiro atoms. The lowest BCUT2D eigenvalue weighted by Crippen LogP contribution is -2.29. The first-order chi connectivity index (χ1) is 8.67. The van der Waals surface area contributed by atoms with E-state index in [2.05, 4.69) is 47.1 Å². The molecule has 0 radical (unpaired) electrons. The second-order valence-corrected chi connectivity index (χ2v) is 4.51. The third-order valence-corrected chi connectivity index (χ3v) is 3.39. The summed E-state index contributed by atoms with van der Waals surface area (Å²) in [4.78, 5) is 11.3. The van der Waals surface area contributed by atoms with Gasteiger partial charge in [0.25, 0.3) is 0 Å². The van der Waals surface area contributed by atoms with Crippen LogP contribution in [-0.2, 0) is 0 Å². The third kappa shape index (κ3) is 2.23. The van der Waals surface area contributed by atoms with Crippen molar-refractivity contribution in [3.63, 3.8) is 0 Å². The molecule has 96 valence electrons. The van der Waals surface area contributed by atoms with E-state index in [1.54, 1.807) is 0 Å². The maximum atomic E-state index is 4.59. The molecule has 0 saturated heterocycles. The fourth-order valence-electron chi connectivity index (χ4n) is 1.92. The van der Waals surface area contributed by atoms with E-state index in [-0.39, 0.29) is 0 Å². The Kier molecular flexibility index (Phi) is 3.65. The van der Waals surface area contributed by atoms with E-state index in [1.165, 1.54) is 0 Å². The van der Waals surface area contributed by atoms with Crippen LogP contribution in [-0.4, -0.2) is 30.1 Å². The predicted octanol–water partition coefficient (Wildman–Crippen LogP) is 2.91. The van der Waals surface area contributed by atoms with Crippen LogP contribution >= 0.6 is 0 Å². The van der Waals surface area contributed by atoms with Gasteiger partial charge >= 0.3 is 0 Å². The molecule has 0 aliphatic heterocycles. The fraction of sp³-hybridized carbons (Fsp3) is 0.429. The fourth-order valence-corrected chi connectivity index (χ4v) is 1.92. The minimum absolute atomic E-state index is 0.452. The van der Waals surface area contributed by atoms with Crippen LogP contribution in [0.3, 0.4) is 0 Å². The summed E-state index contributed by atoms with van der Waals surface area (Å²) < 4.78 is 0. The zero-order valence-electron chi connectivity index (χ0n) is 11.4. The van der Waals surface area contributed by atoms with E-state index < -0.39 is 0 Å². The van der Waals surface area contributed by atoms with Crippen LogP contribution in [0.25, 0.3) is 10.9 Å². The topological polar surface area (TPSA) is 41.1 Å². The highest BCUT2D eigenvalue weighted by molar-refractivity contribution is 5.90. The number of anilines is 2. The van der Waals surface area contributed by atoms with Gasteiger partial charge in [0.2, 0.25) is 5.95 Å². The van der Waals surface area contributed by atoms with Crippen LogP contribution in [0.1, 0.15) is 20.3 Å². The predicted molar refractivity (Wildman–Crippen MR) is 77.2 cm³/mol. The van der Waals surface area contributed by atoms with Crippen molar-refractivity contribution >= 4 is 22.7 Å². The number of aromatic nitrogens is 2. The molecule has 0 aliphatic carbocycles. The maximum Gasteiger partial charge on any atom is 0.224 e. The van der Waals surface area contributed by atoms with Gasteiger partial charge in [-0.2, -0.15) is 4.98 Å². The van der Waals surface area contributed by atoms with Gasteiger partial charge in [0.15, 0.2) is 0 Å². The second kappa shape index (κ2) is 5.21. The Morgan fingerprint density at radius 2 is 2.00 bits per heavy atom. The Labute approximate surface area is 108 Å². The first-order valence-corrected chi connectivity index (χ1v) is 6.34. The smallest absolute Gasteiger partial charge is 0.224 e. The van der Waals surface area contributed by atoms with Gasteiger partial charge in [-0.25, -0.2) is 4.98 Å². The molecule has 0 amide bonds. The highest BCUT2D eigenvalue weighted by Gasteiger charge is 2.14. The molecule has 2 rings (SSSR count). The SMILES string of the molecule is CCC(C)N(C)c1nc(NC)nc2ccccc12. The zero-order chi connectivity index (χ0) is 13.1. The van der Waals surface area contributed by atoms with Crippen molar-refractivity contribution < 1.29 is 0 Å². The number of benzene rings is 1. The summed E-state index contributed by atoms with van der Waals surface area (Å²) >= 11 is 0. The molecule has 4 heteroatoms. The molecule has 1 atom stereocenters. The molecule has 4 nitrogen and oxygen atoms in total. The molecule has 1 unspecified atom stereocenters. The Morgan fingerprint density at radius 3 is 2.67 bits per heavy atom. The van der Waals surface area contributed by atoms with E-state index >= 15 is 0 Å². The number of para-hydroxylation sites is 1. The summed E-state index contributed by atoms with van der Waals surface area (Å²) in [5.41, 5.74) is 0.974. The van der Waals surface area contributed by atoms with Crippen LogP contribution in [0, 0.1) is 0 Å². The quantitative estimate of drug-likeness (QED) is 0.898. The minimum Gasteiger partial charge on any atom is -0.357 e. The van der Waals surface area contributed by atoms with E-state index in [1.807, 2.05) is 25.2 Å². The van der Waals surface area contributed by atoms with Crippen LogP contribution in [0.4, 0.5) is 11.8 Å². The maximum absolute atomic E-state index is 4.59. The molecular weight excluding hydrogens is 224 g/mol. The largest absolute Gasteiger partial charge is 0.357 e. The molecule has 0 bridgehead atoms. The standard InChI is InChI=1S/C14H20N4/c1-5-10(2)18(4)13-11-8-6-7-9-12(11)16-14(15-3)17-13/h6-10H,5H2,1-4H3,(H,15,16,17). The van der Waals surface area contributed by atoms with Gasteiger partial charge in [0.05, 0.1) is 5.52 Å². The highest BCUT2D eigenvalue weighted by atomic mass is 15.2.